The number of ether oxygens (including phenoxy) is 1. The van der Waals surface area contributed by atoms with Gasteiger partial charge in [-0.05, 0) is 73.1 Å². The molecular formula is C24H24N6OS. The first-order chi connectivity index (χ1) is 15.7. The quantitative estimate of drug-likeness (QED) is 0.403. The number of pyridine rings is 2. The maximum Gasteiger partial charge on any atom is 0.204 e. The molecule has 8 heteroatoms. The summed E-state index contributed by atoms with van der Waals surface area (Å²) in [5, 5.41) is 4.95. The van der Waals surface area contributed by atoms with Crippen molar-refractivity contribution in [3.8, 4) is 22.8 Å². The third kappa shape index (κ3) is 3.94. The van der Waals surface area contributed by atoms with Crippen molar-refractivity contribution in [3.63, 3.8) is 0 Å². The molecule has 0 radical (unpaired) electrons. The Balaban J connectivity index is 1.55. The molecule has 1 atom stereocenters. The summed E-state index contributed by atoms with van der Waals surface area (Å²) >= 11 is 5.92. The first-order valence-corrected chi connectivity index (χ1v) is 11.0. The van der Waals surface area contributed by atoms with Crippen LogP contribution in [0, 0.1) is 4.77 Å². The predicted octanol–water partition coefficient (Wildman–Crippen LogP) is 4.66. The van der Waals surface area contributed by atoms with E-state index in [1.54, 1.807) is 19.5 Å². The van der Waals surface area contributed by atoms with E-state index in [9.17, 15) is 0 Å². The fourth-order valence-electron chi connectivity index (χ4n) is 4.27. The topological polar surface area (TPSA) is 61.0 Å². The molecule has 0 spiro atoms. The standard InChI is InChI=1S/C24H24N6OS/c1-31-21-8-6-20(7-9-21)30-23(18-10-13-25-14-11-18)27-29(24(30)32)17-28-15-3-5-22(28)19-4-2-12-26-16-19/h2,4,6-14,16,22H,3,5,15,17H2,1H3. The fourth-order valence-corrected chi connectivity index (χ4v) is 4.56. The molecule has 0 N–H and O–H groups in total. The van der Waals surface area contributed by atoms with Crippen LogP contribution >= 0.6 is 12.2 Å². The minimum Gasteiger partial charge on any atom is -0.497 e. The summed E-state index contributed by atoms with van der Waals surface area (Å²) in [6, 6.07) is 16.2. The molecule has 4 aromatic rings. The van der Waals surface area contributed by atoms with Crippen molar-refractivity contribution in [2.45, 2.75) is 25.6 Å². The van der Waals surface area contributed by atoms with Crippen molar-refractivity contribution in [2.75, 3.05) is 13.7 Å². The summed E-state index contributed by atoms with van der Waals surface area (Å²) in [7, 11) is 1.66. The van der Waals surface area contributed by atoms with E-state index in [0.717, 1.165) is 42.2 Å². The highest BCUT2D eigenvalue weighted by molar-refractivity contribution is 7.71. The molecule has 5 rings (SSSR count). The van der Waals surface area contributed by atoms with E-state index in [4.69, 9.17) is 22.1 Å². The number of rotatable bonds is 6. The zero-order chi connectivity index (χ0) is 21.9. The molecule has 162 valence electrons. The van der Waals surface area contributed by atoms with Crippen molar-refractivity contribution >= 4 is 12.2 Å². The van der Waals surface area contributed by atoms with E-state index in [1.165, 1.54) is 5.56 Å². The van der Waals surface area contributed by atoms with Gasteiger partial charge in [-0.1, -0.05) is 6.07 Å². The van der Waals surface area contributed by atoms with Gasteiger partial charge in [0.1, 0.15) is 5.75 Å². The molecule has 0 saturated carbocycles. The Hall–Kier alpha value is -3.36. The number of hydrogen-bond donors (Lipinski definition) is 0. The van der Waals surface area contributed by atoms with Gasteiger partial charge in [-0.25, -0.2) is 4.68 Å². The zero-order valence-corrected chi connectivity index (χ0v) is 18.7. The lowest BCUT2D eigenvalue weighted by atomic mass is 10.1. The van der Waals surface area contributed by atoms with E-state index >= 15 is 0 Å². The van der Waals surface area contributed by atoms with Crippen molar-refractivity contribution < 1.29 is 4.74 Å². The minimum atomic E-state index is 0.320. The van der Waals surface area contributed by atoms with Crippen molar-refractivity contribution in [2.24, 2.45) is 0 Å². The second-order valence-electron chi connectivity index (χ2n) is 7.77. The Morgan fingerprint density at radius 2 is 1.84 bits per heavy atom. The van der Waals surface area contributed by atoms with Crippen LogP contribution in [0.5, 0.6) is 5.75 Å². The molecule has 1 aliphatic rings. The highest BCUT2D eigenvalue weighted by atomic mass is 32.1. The van der Waals surface area contributed by atoms with Gasteiger partial charge in [-0.15, -0.1) is 5.10 Å². The number of benzene rings is 1. The lowest BCUT2D eigenvalue weighted by Gasteiger charge is -2.24. The Kier molecular flexibility index (Phi) is 5.79. The van der Waals surface area contributed by atoms with Gasteiger partial charge in [0, 0.05) is 42.9 Å². The molecule has 32 heavy (non-hydrogen) atoms. The molecule has 1 fully saturated rings. The van der Waals surface area contributed by atoms with Crippen LogP contribution in [0.4, 0.5) is 0 Å². The number of aromatic nitrogens is 5. The molecule has 1 saturated heterocycles. The van der Waals surface area contributed by atoms with E-state index in [0.29, 0.717) is 17.5 Å². The average Bonchev–Trinajstić information content (AvgIpc) is 3.45. The maximum absolute atomic E-state index is 5.92. The predicted molar refractivity (Wildman–Crippen MR) is 125 cm³/mol. The molecule has 1 aliphatic heterocycles. The molecular weight excluding hydrogens is 420 g/mol. The Morgan fingerprint density at radius 3 is 2.56 bits per heavy atom. The maximum atomic E-state index is 5.92. The smallest absolute Gasteiger partial charge is 0.204 e. The van der Waals surface area contributed by atoms with Gasteiger partial charge in [-0.3, -0.25) is 19.4 Å². The largest absolute Gasteiger partial charge is 0.497 e. The van der Waals surface area contributed by atoms with Gasteiger partial charge >= 0.3 is 0 Å². The van der Waals surface area contributed by atoms with E-state index in [-0.39, 0.29) is 0 Å². The van der Waals surface area contributed by atoms with Gasteiger partial charge in [-0.2, -0.15) is 0 Å². The summed E-state index contributed by atoms with van der Waals surface area (Å²) in [4.78, 5) is 10.9. The van der Waals surface area contributed by atoms with Crippen LogP contribution in [-0.2, 0) is 6.67 Å². The molecule has 1 aromatic carbocycles. The fraction of sp³-hybridized carbons (Fsp3) is 0.250. The molecule has 0 bridgehead atoms. The zero-order valence-electron chi connectivity index (χ0n) is 17.8. The SMILES string of the molecule is COc1ccc(-n2c(-c3ccncc3)nn(CN3CCCC3c3cccnc3)c2=S)cc1. The second-order valence-corrected chi connectivity index (χ2v) is 8.14. The third-order valence-electron chi connectivity index (χ3n) is 5.86. The minimum absolute atomic E-state index is 0.320. The van der Waals surface area contributed by atoms with Crippen LogP contribution in [0.3, 0.4) is 0 Å². The third-order valence-corrected chi connectivity index (χ3v) is 6.25. The van der Waals surface area contributed by atoms with Gasteiger partial charge < -0.3 is 4.74 Å². The van der Waals surface area contributed by atoms with Crippen LogP contribution in [-0.4, -0.2) is 42.9 Å². The average molecular weight is 445 g/mol. The van der Waals surface area contributed by atoms with Gasteiger partial charge in [0.25, 0.3) is 0 Å². The van der Waals surface area contributed by atoms with E-state index < -0.39 is 0 Å². The van der Waals surface area contributed by atoms with Crippen molar-refractivity contribution in [1.82, 2.24) is 29.2 Å². The summed E-state index contributed by atoms with van der Waals surface area (Å²) in [6.07, 6.45) is 9.57. The summed E-state index contributed by atoms with van der Waals surface area (Å²) in [5.41, 5.74) is 3.14. The molecule has 7 nitrogen and oxygen atoms in total. The molecule has 1 unspecified atom stereocenters. The van der Waals surface area contributed by atoms with E-state index in [1.807, 2.05) is 64.1 Å². The lowest BCUT2D eigenvalue weighted by molar-refractivity contribution is 0.190. The van der Waals surface area contributed by atoms with Crippen molar-refractivity contribution in [3.05, 3.63) is 83.7 Å². The molecule has 3 aromatic heterocycles. The summed E-state index contributed by atoms with van der Waals surface area (Å²) in [6.45, 7) is 1.63. The van der Waals surface area contributed by atoms with Gasteiger partial charge in [0.05, 0.1) is 19.5 Å². The van der Waals surface area contributed by atoms with Crippen LogP contribution < -0.4 is 4.74 Å². The van der Waals surface area contributed by atoms with Gasteiger partial charge in [0.2, 0.25) is 4.77 Å². The number of likely N-dealkylation sites (tertiary alicyclic amines) is 1. The highest BCUT2D eigenvalue weighted by Crippen LogP contribution is 2.32. The molecule has 0 aliphatic carbocycles. The number of methoxy groups -OCH3 is 1. The summed E-state index contributed by atoms with van der Waals surface area (Å²) in [5.74, 6) is 1.59. The first kappa shape index (κ1) is 20.5. The van der Waals surface area contributed by atoms with Gasteiger partial charge in [0.15, 0.2) is 5.82 Å². The summed E-state index contributed by atoms with van der Waals surface area (Å²) < 4.78 is 9.91. The van der Waals surface area contributed by atoms with Crippen molar-refractivity contribution in [1.29, 1.82) is 0 Å². The highest BCUT2D eigenvalue weighted by Gasteiger charge is 2.27. The van der Waals surface area contributed by atoms with Crippen LogP contribution in [0.25, 0.3) is 17.1 Å². The van der Waals surface area contributed by atoms with Crippen LogP contribution in [0.2, 0.25) is 0 Å². The Morgan fingerprint density at radius 1 is 1.03 bits per heavy atom. The van der Waals surface area contributed by atoms with Crippen LogP contribution in [0.15, 0.2) is 73.3 Å². The monoisotopic (exact) mass is 444 g/mol. The van der Waals surface area contributed by atoms with E-state index in [2.05, 4.69) is 20.9 Å². The second kappa shape index (κ2) is 9.02. The lowest BCUT2D eigenvalue weighted by Crippen LogP contribution is -2.27. The van der Waals surface area contributed by atoms with Crippen LogP contribution in [0.1, 0.15) is 24.4 Å². The Labute approximate surface area is 191 Å². The number of hydrogen-bond acceptors (Lipinski definition) is 6. The molecule has 4 heterocycles. The molecule has 0 amide bonds. The normalized spacial score (nSPS) is 16.3. The first-order valence-electron chi connectivity index (χ1n) is 10.6. The number of nitrogens with zero attached hydrogens (tertiary/aromatic N) is 6. The Bertz CT molecular complexity index is 1240.